The summed E-state index contributed by atoms with van der Waals surface area (Å²) in [6.45, 7) is 0.198. The Morgan fingerprint density at radius 3 is 2.50 bits per heavy atom. The Morgan fingerprint density at radius 1 is 1.12 bits per heavy atom. The van der Waals surface area contributed by atoms with Gasteiger partial charge >= 0.3 is 0 Å². The second-order valence-corrected chi connectivity index (χ2v) is 9.94. The molecule has 1 amide bonds. The summed E-state index contributed by atoms with van der Waals surface area (Å²) in [5, 5.41) is -0.0385. The van der Waals surface area contributed by atoms with Gasteiger partial charge in [0.25, 0.3) is 5.91 Å². The second kappa shape index (κ2) is 8.31. The Hall–Kier alpha value is -2.75. The van der Waals surface area contributed by atoms with Crippen molar-refractivity contribution >= 4 is 38.9 Å². The summed E-state index contributed by atoms with van der Waals surface area (Å²) in [5.74, 6) is -0.610. The molecular weight excluding hydrogens is 480 g/mol. The van der Waals surface area contributed by atoms with Crippen LogP contribution in [0.1, 0.15) is 21.6 Å². The molecule has 1 aliphatic rings. The summed E-state index contributed by atoms with van der Waals surface area (Å²) < 4.78 is 43.3. The van der Waals surface area contributed by atoms with Crippen LogP contribution < -0.4 is 4.74 Å². The van der Waals surface area contributed by atoms with E-state index in [1.165, 1.54) is 36.3 Å². The lowest BCUT2D eigenvalue weighted by Crippen LogP contribution is -2.23. The van der Waals surface area contributed by atoms with Crippen LogP contribution in [0.15, 0.2) is 41.6 Å². The number of amides is 1. The first-order valence-electron chi connectivity index (χ1n) is 9.26. The van der Waals surface area contributed by atoms with E-state index in [9.17, 15) is 17.6 Å². The molecule has 0 spiro atoms. The third-order valence-electron chi connectivity index (χ3n) is 4.92. The number of fused-ring (bicyclic) bond motifs is 1. The molecule has 0 bridgehead atoms. The van der Waals surface area contributed by atoms with Gasteiger partial charge < -0.3 is 9.64 Å². The molecule has 0 fully saturated rings. The van der Waals surface area contributed by atoms with Crippen molar-refractivity contribution in [3.05, 3.63) is 69.1 Å². The fourth-order valence-corrected chi connectivity index (χ4v) is 4.51. The zero-order chi connectivity index (χ0) is 23.2. The number of hydrogen-bond acceptors (Lipinski definition) is 6. The first kappa shape index (κ1) is 22.4. The van der Waals surface area contributed by atoms with Gasteiger partial charge in [-0.2, -0.15) is 0 Å². The maximum Gasteiger partial charge on any atom is 0.273 e. The van der Waals surface area contributed by atoms with E-state index in [-0.39, 0.29) is 34.5 Å². The van der Waals surface area contributed by atoms with Crippen LogP contribution in [0.25, 0.3) is 11.3 Å². The molecule has 7 nitrogen and oxygen atoms in total. The van der Waals surface area contributed by atoms with E-state index in [4.69, 9.17) is 27.9 Å². The predicted octanol–water partition coefficient (Wildman–Crippen LogP) is 4.16. The topological polar surface area (TPSA) is 89.5 Å². The predicted molar refractivity (Wildman–Crippen MR) is 117 cm³/mol. The molecule has 0 radical (unpaired) electrons. The number of carbonyl (C=O) groups excluding carboxylic acids is 1. The molecule has 0 aliphatic carbocycles. The highest BCUT2D eigenvalue weighted by Gasteiger charge is 2.35. The first-order chi connectivity index (χ1) is 15.1. The zero-order valence-corrected chi connectivity index (χ0v) is 19.2. The van der Waals surface area contributed by atoms with Crippen molar-refractivity contribution in [3.8, 4) is 17.0 Å². The number of methoxy groups -OCH3 is 1. The molecule has 1 aromatic heterocycles. The molecule has 0 atom stereocenters. The zero-order valence-electron chi connectivity index (χ0n) is 16.9. The molecule has 11 heteroatoms. The highest BCUT2D eigenvalue weighted by Crippen LogP contribution is 2.40. The molecule has 0 saturated heterocycles. The van der Waals surface area contributed by atoms with Crippen molar-refractivity contribution in [2.45, 2.75) is 18.2 Å². The van der Waals surface area contributed by atoms with Crippen LogP contribution in [-0.2, 0) is 22.9 Å². The number of ether oxygens (including phenoxy) is 1. The van der Waals surface area contributed by atoms with Crippen molar-refractivity contribution in [3.63, 3.8) is 0 Å². The summed E-state index contributed by atoms with van der Waals surface area (Å²) in [5.41, 5.74) is 1.47. The molecule has 166 valence electrons. The molecule has 2 heterocycles. The highest BCUT2D eigenvalue weighted by atomic mass is 35.5. The van der Waals surface area contributed by atoms with Crippen LogP contribution >= 0.6 is 23.2 Å². The van der Waals surface area contributed by atoms with E-state index in [0.717, 1.165) is 6.26 Å². The van der Waals surface area contributed by atoms with Gasteiger partial charge in [-0.15, -0.1) is 0 Å². The fraction of sp³-hybridized carbons (Fsp3) is 0.190. The summed E-state index contributed by atoms with van der Waals surface area (Å²) in [6, 6.07) is 8.85. The molecule has 4 rings (SSSR count). The van der Waals surface area contributed by atoms with Gasteiger partial charge in [-0.25, -0.2) is 22.8 Å². The van der Waals surface area contributed by atoms with E-state index in [1.807, 2.05) is 0 Å². The SMILES string of the molecule is COc1cc(-c2nc(S(C)(=O)=O)nc3c2CN(Cc2cccc(F)c2)C3=O)c(Cl)cc1Cl. The Labute approximate surface area is 193 Å². The standard InChI is InChI=1S/C21H16Cl2FN3O4S/c1-31-17-7-13(15(22)8-16(17)23)18-14-10-27(9-11-4-3-5-12(24)6-11)20(28)19(14)26-21(25-18)32(2,29)30/h3-8H,9-10H2,1-2H3. The number of rotatable bonds is 5. The van der Waals surface area contributed by atoms with E-state index in [0.29, 0.717) is 22.4 Å². The third kappa shape index (κ3) is 4.15. The number of nitrogens with zero attached hydrogens (tertiary/aromatic N) is 3. The van der Waals surface area contributed by atoms with Gasteiger partial charge in [0.1, 0.15) is 17.3 Å². The fourth-order valence-electron chi connectivity index (χ4n) is 3.44. The Morgan fingerprint density at radius 2 is 1.84 bits per heavy atom. The number of hydrogen-bond donors (Lipinski definition) is 0. The molecule has 1 aliphatic heterocycles. The van der Waals surface area contributed by atoms with E-state index >= 15 is 0 Å². The van der Waals surface area contributed by atoms with Crippen molar-refractivity contribution in [1.82, 2.24) is 14.9 Å². The number of aromatic nitrogens is 2. The Bertz CT molecular complexity index is 1370. The summed E-state index contributed by atoms with van der Waals surface area (Å²) in [4.78, 5) is 22.8. The van der Waals surface area contributed by atoms with Crippen LogP contribution in [0.3, 0.4) is 0 Å². The molecule has 3 aromatic rings. The van der Waals surface area contributed by atoms with Gasteiger partial charge in [0.2, 0.25) is 15.0 Å². The first-order valence-corrected chi connectivity index (χ1v) is 11.9. The average Bonchev–Trinajstić information content (AvgIpc) is 3.03. The lowest BCUT2D eigenvalue weighted by atomic mass is 10.1. The highest BCUT2D eigenvalue weighted by molar-refractivity contribution is 7.90. The lowest BCUT2D eigenvalue weighted by Gasteiger charge is -2.15. The Kier molecular flexibility index (Phi) is 5.83. The average molecular weight is 496 g/mol. The number of benzene rings is 2. The summed E-state index contributed by atoms with van der Waals surface area (Å²) in [7, 11) is -2.41. The molecule has 2 aromatic carbocycles. The minimum atomic E-state index is -3.84. The molecule has 32 heavy (non-hydrogen) atoms. The molecule has 0 N–H and O–H groups in total. The van der Waals surface area contributed by atoms with E-state index < -0.39 is 26.7 Å². The van der Waals surface area contributed by atoms with E-state index in [1.54, 1.807) is 12.1 Å². The van der Waals surface area contributed by atoms with Gasteiger partial charge in [0, 0.05) is 23.9 Å². The minimum Gasteiger partial charge on any atom is -0.495 e. The van der Waals surface area contributed by atoms with Crippen molar-refractivity contribution in [2.24, 2.45) is 0 Å². The van der Waals surface area contributed by atoms with Crippen LogP contribution in [-0.4, -0.2) is 42.6 Å². The van der Waals surface area contributed by atoms with Crippen molar-refractivity contribution in [2.75, 3.05) is 13.4 Å². The summed E-state index contributed by atoms with van der Waals surface area (Å²) >= 11 is 12.5. The number of halogens is 3. The number of sulfone groups is 1. The molecule has 0 saturated carbocycles. The maximum atomic E-state index is 13.6. The van der Waals surface area contributed by atoms with Crippen LogP contribution in [0.2, 0.25) is 10.0 Å². The van der Waals surface area contributed by atoms with Gasteiger partial charge in [0.15, 0.2) is 0 Å². The van der Waals surface area contributed by atoms with Gasteiger partial charge in [-0.3, -0.25) is 4.79 Å². The maximum absolute atomic E-state index is 13.6. The monoisotopic (exact) mass is 495 g/mol. The second-order valence-electron chi connectivity index (χ2n) is 7.21. The normalized spacial score (nSPS) is 13.4. The largest absolute Gasteiger partial charge is 0.495 e. The quantitative estimate of drug-likeness (QED) is 0.493. The minimum absolute atomic E-state index is 0.0446. The lowest BCUT2D eigenvalue weighted by molar-refractivity contribution is 0.0762. The number of carbonyl (C=O) groups is 1. The van der Waals surface area contributed by atoms with Crippen LogP contribution in [0.4, 0.5) is 4.39 Å². The molecule has 0 unspecified atom stereocenters. The van der Waals surface area contributed by atoms with E-state index in [2.05, 4.69) is 9.97 Å². The van der Waals surface area contributed by atoms with Gasteiger partial charge in [-0.1, -0.05) is 35.3 Å². The van der Waals surface area contributed by atoms with Crippen molar-refractivity contribution < 1.29 is 22.3 Å². The van der Waals surface area contributed by atoms with Crippen LogP contribution in [0.5, 0.6) is 5.75 Å². The smallest absolute Gasteiger partial charge is 0.273 e. The molecular formula is C21H16Cl2FN3O4S. The van der Waals surface area contributed by atoms with Gasteiger partial charge in [0.05, 0.1) is 29.4 Å². The van der Waals surface area contributed by atoms with Crippen LogP contribution in [0, 0.1) is 5.82 Å². The summed E-state index contributed by atoms with van der Waals surface area (Å²) in [6.07, 6.45) is 0.951. The Balaban J connectivity index is 1.87. The van der Waals surface area contributed by atoms with Crippen molar-refractivity contribution in [1.29, 1.82) is 0 Å². The van der Waals surface area contributed by atoms with Gasteiger partial charge in [-0.05, 0) is 29.8 Å². The third-order valence-corrected chi connectivity index (χ3v) is 6.37.